The van der Waals surface area contributed by atoms with E-state index in [0.717, 1.165) is 11.1 Å². The molecule has 2 aromatic rings. The fraction of sp³-hybridized carbons (Fsp3) is 0.316. The first kappa shape index (κ1) is 19.5. The van der Waals surface area contributed by atoms with E-state index < -0.39 is 16.2 Å². The number of nitrogens with one attached hydrogen (secondary N) is 2. The van der Waals surface area contributed by atoms with Crippen molar-refractivity contribution in [1.29, 1.82) is 0 Å². The number of hydrogen-bond donors (Lipinski definition) is 2. The van der Waals surface area contributed by atoms with E-state index in [9.17, 15) is 13.2 Å². The van der Waals surface area contributed by atoms with Crippen LogP contribution in [-0.4, -0.2) is 45.4 Å². The minimum atomic E-state index is -3.66. The van der Waals surface area contributed by atoms with Gasteiger partial charge in [-0.2, -0.15) is 17.4 Å². The number of carbonyl (C=O) groups excluding carboxylic acids is 1. The Labute approximate surface area is 159 Å². The zero-order chi connectivity index (χ0) is 19.3. The summed E-state index contributed by atoms with van der Waals surface area (Å²) in [6.07, 6.45) is 0. The highest BCUT2D eigenvalue weighted by Gasteiger charge is 2.32. The van der Waals surface area contributed by atoms with Gasteiger partial charge in [0.15, 0.2) is 0 Å². The molecule has 0 saturated carbocycles. The fourth-order valence-corrected chi connectivity index (χ4v) is 4.44. The van der Waals surface area contributed by atoms with Crippen LogP contribution in [0.1, 0.15) is 27.5 Å². The van der Waals surface area contributed by atoms with E-state index in [2.05, 4.69) is 14.8 Å². The Hall–Kier alpha value is -2.26. The van der Waals surface area contributed by atoms with Gasteiger partial charge in [-0.1, -0.05) is 42.5 Å². The van der Waals surface area contributed by atoms with Crippen molar-refractivity contribution in [1.82, 2.24) is 14.3 Å². The van der Waals surface area contributed by atoms with Crippen molar-refractivity contribution in [3.05, 3.63) is 71.3 Å². The first-order valence-corrected chi connectivity index (χ1v) is 10.1. The summed E-state index contributed by atoms with van der Waals surface area (Å²) in [7, 11) is -2.34. The maximum atomic E-state index is 12.9. The Morgan fingerprint density at radius 1 is 1.19 bits per heavy atom. The zero-order valence-electron chi connectivity index (χ0n) is 15.1. The van der Waals surface area contributed by atoms with Crippen LogP contribution in [0.3, 0.4) is 0 Å². The molecule has 0 amide bonds. The summed E-state index contributed by atoms with van der Waals surface area (Å²) >= 11 is 0. The Morgan fingerprint density at radius 2 is 1.89 bits per heavy atom. The van der Waals surface area contributed by atoms with Gasteiger partial charge in [0.2, 0.25) is 0 Å². The van der Waals surface area contributed by atoms with Gasteiger partial charge in [-0.25, -0.2) is 4.79 Å². The van der Waals surface area contributed by atoms with Gasteiger partial charge in [0.1, 0.15) is 0 Å². The van der Waals surface area contributed by atoms with Crippen LogP contribution < -0.4 is 10.0 Å². The molecule has 0 spiro atoms. The molecule has 1 aliphatic heterocycles. The van der Waals surface area contributed by atoms with E-state index in [1.54, 1.807) is 24.3 Å². The minimum Gasteiger partial charge on any atom is -0.465 e. The molecule has 1 unspecified atom stereocenters. The van der Waals surface area contributed by atoms with Gasteiger partial charge in [0, 0.05) is 26.2 Å². The number of nitrogens with zero attached hydrogens (tertiary/aromatic N) is 1. The van der Waals surface area contributed by atoms with Crippen LogP contribution in [0.15, 0.2) is 54.6 Å². The molecular formula is C19H23N3O4S. The third-order valence-corrected chi connectivity index (χ3v) is 6.08. The molecule has 144 valence electrons. The predicted octanol–water partition coefficient (Wildman–Crippen LogP) is 1.45. The Bertz CT molecular complexity index is 870. The second kappa shape index (κ2) is 8.62. The van der Waals surface area contributed by atoms with Gasteiger partial charge >= 0.3 is 5.97 Å². The molecule has 1 heterocycles. The van der Waals surface area contributed by atoms with E-state index in [-0.39, 0.29) is 12.6 Å². The molecule has 7 nitrogen and oxygen atoms in total. The predicted molar refractivity (Wildman–Crippen MR) is 102 cm³/mol. The second-order valence-electron chi connectivity index (χ2n) is 6.26. The average molecular weight is 389 g/mol. The molecule has 0 aliphatic carbocycles. The first-order valence-electron chi connectivity index (χ1n) is 8.70. The van der Waals surface area contributed by atoms with Crippen molar-refractivity contribution in [2.75, 3.05) is 26.7 Å². The van der Waals surface area contributed by atoms with Gasteiger partial charge in [0.25, 0.3) is 10.2 Å². The molecule has 2 N–H and O–H groups in total. The Balaban J connectivity index is 1.70. The largest absolute Gasteiger partial charge is 0.465 e. The van der Waals surface area contributed by atoms with E-state index in [1.807, 2.05) is 30.3 Å². The number of hydrogen-bond acceptors (Lipinski definition) is 5. The van der Waals surface area contributed by atoms with Gasteiger partial charge in [0.05, 0.1) is 18.7 Å². The van der Waals surface area contributed by atoms with E-state index in [4.69, 9.17) is 0 Å². The lowest BCUT2D eigenvalue weighted by Crippen LogP contribution is -2.52. The summed E-state index contributed by atoms with van der Waals surface area (Å²) < 4.78 is 34.6. The van der Waals surface area contributed by atoms with Crippen LogP contribution in [0.2, 0.25) is 0 Å². The van der Waals surface area contributed by atoms with Crippen LogP contribution in [-0.2, 0) is 21.5 Å². The zero-order valence-corrected chi connectivity index (χ0v) is 15.9. The van der Waals surface area contributed by atoms with Crippen molar-refractivity contribution in [2.45, 2.75) is 12.6 Å². The van der Waals surface area contributed by atoms with Crippen LogP contribution in [0.5, 0.6) is 0 Å². The fourth-order valence-electron chi connectivity index (χ4n) is 3.07. The van der Waals surface area contributed by atoms with Crippen LogP contribution in [0.4, 0.5) is 0 Å². The van der Waals surface area contributed by atoms with E-state index >= 15 is 0 Å². The highest BCUT2D eigenvalue weighted by molar-refractivity contribution is 7.87. The smallest absolute Gasteiger partial charge is 0.337 e. The topological polar surface area (TPSA) is 87.7 Å². The molecule has 1 aliphatic rings. The van der Waals surface area contributed by atoms with Crippen molar-refractivity contribution in [3.63, 3.8) is 0 Å². The molecule has 8 heteroatoms. The van der Waals surface area contributed by atoms with Crippen LogP contribution >= 0.6 is 0 Å². The average Bonchev–Trinajstić information content (AvgIpc) is 2.73. The Morgan fingerprint density at radius 3 is 2.56 bits per heavy atom. The van der Waals surface area contributed by atoms with Gasteiger partial charge in [-0.05, 0) is 23.3 Å². The number of piperazine rings is 1. The summed E-state index contributed by atoms with van der Waals surface area (Å²) in [4.78, 5) is 11.5. The van der Waals surface area contributed by atoms with Crippen LogP contribution in [0.25, 0.3) is 0 Å². The quantitative estimate of drug-likeness (QED) is 0.731. The molecule has 2 aromatic carbocycles. The summed E-state index contributed by atoms with van der Waals surface area (Å²) in [6.45, 7) is 1.72. The maximum absolute atomic E-state index is 12.9. The summed E-state index contributed by atoms with van der Waals surface area (Å²) in [5, 5.41) is 3.25. The number of ether oxygens (including phenoxy) is 1. The number of rotatable bonds is 6. The van der Waals surface area contributed by atoms with Crippen molar-refractivity contribution < 1.29 is 17.9 Å². The van der Waals surface area contributed by atoms with Crippen molar-refractivity contribution in [3.8, 4) is 0 Å². The van der Waals surface area contributed by atoms with E-state index in [1.165, 1.54) is 11.4 Å². The summed E-state index contributed by atoms with van der Waals surface area (Å²) in [5.41, 5.74) is 2.14. The molecule has 1 saturated heterocycles. The molecule has 0 radical (unpaired) electrons. The molecular weight excluding hydrogens is 366 g/mol. The minimum absolute atomic E-state index is 0.148. The van der Waals surface area contributed by atoms with Gasteiger partial charge in [-0.15, -0.1) is 0 Å². The highest BCUT2D eigenvalue weighted by Crippen LogP contribution is 2.24. The standard InChI is InChI=1S/C19H23N3O4S/c1-26-19(23)17-9-7-15(8-10-17)13-21-27(24,25)22-12-11-20-14-18(22)16-5-3-2-4-6-16/h2-10,18,20-21H,11-14H2,1H3. The number of benzene rings is 2. The highest BCUT2D eigenvalue weighted by atomic mass is 32.2. The monoisotopic (exact) mass is 389 g/mol. The number of esters is 1. The molecule has 0 aromatic heterocycles. The number of carbonyl (C=O) groups is 1. The number of methoxy groups -OCH3 is 1. The molecule has 1 atom stereocenters. The molecule has 27 heavy (non-hydrogen) atoms. The third-order valence-electron chi connectivity index (χ3n) is 4.52. The SMILES string of the molecule is COC(=O)c1ccc(CNS(=O)(=O)N2CCNCC2c2ccccc2)cc1. The van der Waals surface area contributed by atoms with Crippen molar-refractivity contribution in [2.24, 2.45) is 0 Å². The van der Waals surface area contributed by atoms with Crippen LogP contribution in [0, 0.1) is 0 Å². The third kappa shape index (κ3) is 4.72. The van der Waals surface area contributed by atoms with E-state index in [0.29, 0.717) is 25.2 Å². The normalized spacial score (nSPS) is 18.2. The molecule has 0 bridgehead atoms. The molecule has 1 fully saturated rings. The summed E-state index contributed by atoms with van der Waals surface area (Å²) in [5.74, 6) is -0.423. The lowest BCUT2D eigenvalue weighted by atomic mass is 10.1. The maximum Gasteiger partial charge on any atom is 0.337 e. The lowest BCUT2D eigenvalue weighted by Gasteiger charge is -2.35. The van der Waals surface area contributed by atoms with Crippen molar-refractivity contribution >= 4 is 16.2 Å². The van der Waals surface area contributed by atoms with Gasteiger partial charge in [-0.3, -0.25) is 0 Å². The summed E-state index contributed by atoms with van der Waals surface area (Å²) in [6, 6.07) is 16.0. The Kier molecular flexibility index (Phi) is 6.22. The first-order chi connectivity index (χ1) is 13.0. The lowest BCUT2D eigenvalue weighted by molar-refractivity contribution is 0.0600. The second-order valence-corrected chi connectivity index (χ2v) is 7.96. The molecule has 3 rings (SSSR count). The van der Waals surface area contributed by atoms with Gasteiger partial charge < -0.3 is 10.1 Å².